The molecule has 1 saturated heterocycles. The van der Waals surface area contributed by atoms with Crippen molar-refractivity contribution in [2.24, 2.45) is 0 Å². The van der Waals surface area contributed by atoms with Crippen LogP contribution in [0.1, 0.15) is 53.0 Å². The lowest BCUT2D eigenvalue weighted by Gasteiger charge is -2.33. The molecule has 39 heavy (non-hydrogen) atoms. The summed E-state index contributed by atoms with van der Waals surface area (Å²) >= 11 is 0. The van der Waals surface area contributed by atoms with E-state index in [1.54, 1.807) is 4.90 Å². The predicted octanol–water partition coefficient (Wildman–Crippen LogP) is 7.01. The maximum absolute atomic E-state index is 12.3. The minimum Gasteiger partial charge on any atom is -0.489 e. The molecule has 1 aliphatic heterocycles. The number of hydrogen-bond donors (Lipinski definition) is 1. The van der Waals surface area contributed by atoms with Crippen LogP contribution in [0.25, 0.3) is 22.6 Å². The number of H-pyrrole nitrogens is 1. The van der Waals surface area contributed by atoms with E-state index in [1.165, 1.54) is 0 Å². The number of nitrogens with one attached hydrogen (secondary N) is 1. The van der Waals surface area contributed by atoms with Gasteiger partial charge in [0.2, 0.25) is 5.88 Å². The van der Waals surface area contributed by atoms with Gasteiger partial charge in [0.05, 0.1) is 5.52 Å². The number of carbonyl (C=O) groups is 1. The third-order valence-electron chi connectivity index (χ3n) is 6.08. The molecule has 4 aromatic rings. The zero-order valence-electron chi connectivity index (χ0n) is 23.4. The lowest BCUT2D eigenvalue weighted by molar-refractivity contribution is 0.0123. The number of fused-ring (bicyclic) bond motifs is 1. The first-order valence-electron chi connectivity index (χ1n) is 13.6. The Kier molecular flexibility index (Phi) is 9.07. The van der Waals surface area contributed by atoms with Gasteiger partial charge in [-0.1, -0.05) is 44.2 Å². The highest BCUT2D eigenvalue weighted by Crippen LogP contribution is 2.25. The number of piperidine rings is 1. The number of pyridine rings is 1. The van der Waals surface area contributed by atoms with E-state index in [0.717, 1.165) is 41.1 Å². The van der Waals surface area contributed by atoms with E-state index >= 15 is 0 Å². The molecule has 0 aliphatic carbocycles. The van der Waals surface area contributed by atoms with Crippen molar-refractivity contribution in [1.82, 2.24) is 19.9 Å². The smallest absolute Gasteiger partial charge is 0.410 e. The van der Waals surface area contributed by atoms with Crippen LogP contribution in [0.15, 0.2) is 66.7 Å². The van der Waals surface area contributed by atoms with Crippen molar-refractivity contribution in [2.45, 2.75) is 65.8 Å². The van der Waals surface area contributed by atoms with Crippen molar-refractivity contribution >= 4 is 17.3 Å². The van der Waals surface area contributed by atoms with Gasteiger partial charge in [-0.2, -0.15) is 4.98 Å². The Morgan fingerprint density at radius 1 is 0.949 bits per heavy atom. The van der Waals surface area contributed by atoms with E-state index in [-0.39, 0.29) is 12.2 Å². The topological polar surface area (TPSA) is 89.6 Å². The number of nitrogens with zero attached hydrogens (tertiary/aromatic N) is 3. The third kappa shape index (κ3) is 7.72. The number of aromatic amines is 1. The Morgan fingerprint density at radius 2 is 1.64 bits per heavy atom. The molecule has 1 N–H and O–H groups in total. The highest BCUT2D eigenvalue weighted by Gasteiger charge is 2.28. The number of aromatic nitrogens is 3. The van der Waals surface area contributed by atoms with Crippen LogP contribution in [0.2, 0.25) is 0 Å². The number of benzene rings is 2. The molecule has 206 valence electrons. The normalized spacial score (nSPS) is 13.9. The van der Waals surface area contributed by atoms with Crippen molar-refractivity contribution in [3.63, 3.8) is 0 Å². The number of likely N-dealkylation sites (tertiary alicyclic amines) is 1. The summed E-state index contributed by atoms with van der Waals surface area (Å²) in [6.07, 6.45) is 1.17. The summed E-state index contributed by atoms with van der Waals surface area (Å²) in [7, 11) is 0. The number of rotatable bonds is 6. The largest absolute Gasteiger partial charge is 0.489 e. The molecule has 0 saturated carbocycles. The van der Waals surface area contributed by atoms with Gasteiger partial charge in [-0.05, 0) is 56.7 Å². The van der Waals surface area contributed by atoms with Crippen LogP contribution < -0.4 is 9.47 Å². The summed E-state index contributed by atoms with van der Waals surface area (Å²) in [5.74, 6) is 2.07. The number of imidazole rings is 1. The Morgan fingerprint density at radius 3 is 2.31 bits per heavy atom. The van der Waals surface area contributed by atoms with Crippen LogP contribution in [0.5, 0.6) is 11.6 Å². The summed E-state index contributed by atoms with van der Waals surface area (Å²) in [5.41, 5.74) is 3.02. The van der Waals surface area contributed by atoms with Crippen LogP contribution in [-0.2, 0) is 11.3 Å². The SMILES string of the molecule is CC.CC(C)(C)OC(=O)N1CCC(Oc2ccc3[nH]c(-c4ccc(OCc5ccccc5)cc4)nc3n2)CC1. The lowest BCUT2D eigenvalue weighted by Crippen LogP contribution is -2.44. The van der Waals surface area contributed by atoms with Crippen molar-refractivity contribution in [1.29, 1.82) is 0 Å². The second-order valence-corrected chi connectivity index (χ2v) is 10.2. The van der Waals surface area contributed by atoms with Crippen LogP contribution >= 0.6 is 0 Å². The molecule has 8 nitrogen and oxygen atoms in total. The molecule has 1 fully saturated rings. The molecule has 0 bridgehead atoms. The summed E-state index contributed by atoms with van der Waals surface area (Å²) < 4.78 is 17.5. The molecule has 1 amide bonds. The lowest BCUT2D eigenvalue weighted by atomic mass is 10.1. The zero-order valence-corrected chi connectivity index (χ0v) is 23.4. The summed E-state index contributed by atoms with van der Waals surface area (Å²) in [6, 6.07) is 21.7. The van der Waals surface area contributed by atoms with Gasteiger partial charge < -0.3 is 24.1 Å². The standard InChI is InChI=1S/C29H32N4O4.C2H6/c1-29(2,3)37-28(34)33-17-15-23(16-18-33)36-25-14-13-24-27(31-25)32-26(30-24)21-9-11-22(12-10-21)35-19-20-7-5-4-6-8-20;1-2/h4-14,23H,15-19H2,1-3H3,(H,30,31,32);1-2H3. The summed E-state index contributed by atoms with van der Waals surface area (Å²) in [4.78, 5) is 26.6. The fourth-order valence-corrected chi connectivity index (χ4v) is 4.18. The molecule has 2 aromatic carbocycles. The second-order valence-electron chi connectivity index (χ2n) is 10.2. The maximum atomic E-state index is 12.3. The minimum atomic E-state index is -0.496. The fourth-order valence-electron chi connectivity index (χ4n) is 4.18. The van der Waals surface area contributed by atoms with Gasteiger partial charge in [0.15, 0.2) is 5.65 Å². The van der Waals surface area contributed by atoms with Crippen LogP contribution in [-0.4, -0.2) is 50.7 Å². The van der Waals surface area contributed by atoms with E-state index in [4.69, 9.17) is 14.2 Å². The Bertz CT molecular complexity index is 1340. The van der Waals surface area contributed by atoms with Gasteiger partial charge in [-0.25, -0.2) is 9.78 Å². The van der Waals surface area contributed by atoms with Crippen LogP contribution in [0, 0.1) is 0 Å². The number of ether oxygens (including phenoxy) is 3. The second kappa shape index (κ2) is 12.7. The molecular weight excluding hydrogens is 492 g/mol. The quantitative estimate of drug-likeness (QED) is 0.288. The van der Waals surface area contributed by atoms with E-state index in [0.29, 0.717) is 31.2 Å². The first kappa shape index (κ1) is 28.0. The Balaban J connectivity index is 0.00000172. The van der Waals surface area contributed by atoms with Crippen molar-refractivity contribution in [2.75, 3.05) is 13.1 Å². The molecular formula is C31H38N4O4. The monoisotopic (exact) mass is 530 g/mol. The van der Waals surface area contributed by atoms with Crippen LogP contribution in [0.3, 0.4) is 0 Å². The molecule has 3 heterocycles. The van der Waals surface area contributed by atoms with Crippen molar-refractivity contribution < 1.29 is 19.0 Å². The molecule has 0 spiro atoms. The molecule has 0 radical (unpaired) electrons. The molecule has 2 aromatic heterocycles. The van der Waals surface area contributed by atoms with Gasteiger partial charge in [0.1, 0.15) is 29.9 Å². The third-order valence-corrected chi connectivity index (χ3v) is 6.08. The average Bonchev–Trinajstić information content (AvgIpc) is 3.37. The van der Waals surface area contributed by atoms with Crippen molar-refractivity contribution in [3.05, 3.63) is 72.3 Å². The molecule has 1 aliphatic rings. The highest BCUT2D eigenvalue weighted by atomic mass is 16.6. The van der Waals surface area contributed by atoms with Gasteiger partial charge >= 0.3 is 6.09 Å². The number of carbonyl (C=O) groups excluding carboxylic acids is 1. The van der Waals surface area contributed by atoms with Crippen molar-refractivity contribution in [3.8, 4) is 23.0 Å². The molecule has 0 atom stereocenters. The number of hydrogen-bond acceptors (Lipinski definition) is 6. The molecule has 5 rings (SSSR count). The first-order valence-corrected chi connectivity index (χ1v) is 13.6. The van der Waals surface area contributed by atoms with E-state index < -0.39 is 5.60 Å². The van der Waals surface area contributed by atoms with Gasteiger partial charge in [0, 0.05) is 37.6 Å². The Labute approximate surface area is 230 Å². The summed E-state index contributed by atoms with van der Waals surface area (Å²) in [6.45, 7) is 11.3. The summed E-state index contributed by atoms with van der Waals surface area (Å²) in [5, 5.41) is 0. The first-order chi connectivity index (χ1) is 18.8. The highest BCUT2D eigenvalue weighted by molar-refractivity contribution is 5.76. The molecule has 0 unspecified atom stereocenters. The average molecular weight is 531 g/mol. The fraction of sp³-hybridized carbons (Fsp3) is 0.387. The van der Waals surface area contributed by atoms with Gasteiger partial charge in [-0.15, -0.1) is 0 Å². The van der Waals surface area contributed by atoms with Gasteiger partial charge in [-0.3, -0.25) is 0 Å². The van der Waals surface area contributed by atoms with E-state index in [9.17, 15) is 4.79 Å². The Hall–Kier alpha value is -4.07. The molecule has 8 heteroatoms. The number of amides is 1. The van der Waals surface area contributed by atoms with E-state index in [2.05, 4.69) is 15.0 Å². The zero-order chi connectivity index (χ0) is 27.8. The van der Waals surface area contributed by atoms with Crippen LogP contribution in [0.4, 0.5) is 4.79 Å². The maximum Gasteiger partial charge on any atom is 0.410 e. The minimum absolute atomic E-state index is 0.00882. The predicted molar refractivity (Wildman–Crippen MR) is 153 cm³/mol. The van der Waals surface area contributed by atoms with E-state index in [1.807, 2.05) is 101 Å². The van der Waals surface area contributed by atoms with Gasteiger partial charge in [0.25, 0.3) is 0 Å².